The van der Waals surface area contributed by atoms with E-state index in [0.29, 0.717) is 17.2 Å². The molecule has 17 heavy (non-hydrogen) atoms. The Labute approximate surface area is 111 Å². The zero-order valence-electron chi connectivity index (χ0n) is 10.2. The molecule has 1 aromatic heterocycles. The molecule has 0 aliphatic carbocycles. The Balaban J connectivity index is 2.14. The molecule has 0 radical (unpaired) electrons. The summed E-state index contributed by atoms with van der Waals surface area (Å²) in [6.45, 7) is 4.65. The smallest absolute Gasteiger partial charge is 0.151 e. The number of hydrogen-bond acceptors (Lipinski definition) is 3. The maximum Gasteiger partial charge on any atom is 0.151 e. The van der Waals surface area contributed by atoms with Crippen LogP contribution in [0, 0.1) is 6.92 Å². The van der Waals surface area contributed by atoms with E-state index < -0.39 is 0 Å². The average Bonchev–Trinajstić information content (AvgIpc) is 2.92. The second-order valence-electron chi connectivity index (χ2n) is 4.31. The Hall–Kier alpha value is -0.480. The topological polar surface area (TPSA) is 34.9 Å². The number of halogens is 1. The minimum absolute atomic E-state index is 0.173. The first kappa shape index (κ1) is 13.0. The second-order valence-corrected chi connectivity index (χ2v) is 6.00. The van der Waals surface area contributed by atoms with Gasteiger partial charge in [-0.3, -0.25) is 9.48 Å². The lowest BCUT2D eigenvalue weighted by Crippen LogP contribution is -2.18. The summed E-state index contributed by atoms with van der Waals surface area (Å²) < 4.78 is 1.84. The molecule has 0 saturated carbocycles. The van der Waals surface area contributed by atoms with Crippen LogP contribution < -0.4 is 0 Å². The van der Waals surface area contributed by atoms with Gasteiger partial charge in [0.25, 0.3) is 0 Å². The van der Waals surface area contributed by atoms with Gasteiger partial charge < -0.3 is 0 Å². The van der Waals surface area contributed by atoms with Crippen LogP contribution >= 0.6 is 23.4 Å². The van der Waals surface area contributed by atoms with Crippen LogP contribution in [0.15, 0.2) is 0 Å². The molecule has 0 N–H and O–H groups in total. The summed E-state index contributed by atoms with van der Waals surface area (Å²) in [5.41, 5.74) is 1.69. The maximum atomic E-state index is 12.1. The van der Waals surface area contributed by atoms with Crippen LogP contribution in [0.5, 0.6) is 0 Å². The first-order valence-electron chi connectivity index (χ1n) is 5.99. The lowest BCUT2D eigenvalue weighted by Gasteiger charge is -2.09. The van der Waals surface area contributed by atoms with Gasteiger partial charge in [0.15, 0.2) is 5.78 Å². The van der Waals surface area contributed by atoms with Crippen molar-refractivity contribution >= 4 is 29.1 Å². The molecular formula is C12H17ClN2OS. The van der Waals surface area contributed by atoms with Crippen molar-refractivity contribution in [2.75, 3.05) is 5.75 Å². The SMILES string of the molecule is CCn1nc(C)c(Cl)c1CC(=O)C1CCCS1. The molecule has 1 fully saturated rings. The summed E-state index contributed by atoms with van der Waals surface area (Å²) in [4.78, 5) is 12.1. The van der Waals surface area contributed by atoms with Crippen molar-refractivity contribution in [2.45, 2.75) is 44.9 Å². The number of nitrogens with zero attached hydrogens (tertiary/aromatic N) is 2. The highest BCUT2D eigenvalue weighted by atomic mass is 35.5. The fourth-order valence-electron chi connectivity index (χ4n) is 2.15. The summed E-state index contributed by atoms with van der Waals surface area (Å²) in [5.74, 6) is 1.40. The zero-order chi connectivity index (χ0) is 12.4. The van der Waals surface area contributed by atoms with Crippen LogP contribution in [0.2, 0.25) is 5.02 Å². The summed E-state index contributed by atoms with van der Waals surface area (Å²) in [5, 5.41) is 5.16. The summed E-state index contributed by atoms with van der Waals surface area (Å²) in [6, 6.07) is 0. The Morgan fingerprint density at radius 3 is 3.00 bits per heavy atom. The fraction of sp³-hybridized carbons (Fsp3) is 0.667. The molecule has 0 spiro atoms. The molecule has 2 heterocycles. The van der Waals surface area contributed by atoms with Gasteiger partial charge in [0.05, 0.1) is 28.1 Å². The number of thioether (sulfide) groups is 1. The zero-order valence-corrected chi connectivity index (χ0v) is 11.8. The van der Waals surface area contributed by atoms with Crippen LogP contribution in [0.25, 0.3) is 0 Å². The Kier molecular flexibility index (Phi) is 4.15. The minimum atomic E-state index is 0.173. The van der Waals surface area contributed by atoms with Crippen molar-refractivity contribution in [1.82, 2.24) is 9.78 Å². The molecule has 1 unspecified atom stereocenters. The number of hydrogen-bond donors (Lipinski definition) is 0. The van der Waals surface area contributed by atoms with Gasteiger partial charge in [0.2, 0.25) is 0 Å². The monoisotopic (exact) mass is 272 g/mol. The van der Waals surface area contributed by atoms with E-state index in [1.165, 1.54) is 0 Å². The summed E-state index contributed by atoms with van der Waals surface area (Å²) in [6.07, 6.45) is 2.59. The standard InChI is InChI=1S/C12H17ClN2OS/c1-3-15-9(12(13)8(2)14-15)7-10(16)11-5-4-6-17-11/h11H,3-7H2,1-2H3. The van der Waals surface area contributed by atoms with Gasteiger partial charge in [-0.2, -0.15) is 16.9 Å². The van der Waals surface area contributed by atoms with E-state index >= 15 is 0 Å². The Morgan fingerprint density at radius 1 is 1.65 bits per heavy atom. The minimum Gasteiger partial charge on any atom is -0.298 e. The lowest BCUT2D eigenvalue weighted by atomic mass is 10.1. The fourth-order valence-corrected chi connectivity index (χ4v) is 3.57. The molecule has 1 aliphatic heterocycles. The molecule has 1 atom stereocenters. The molecule has 3 nitrogen and oxygen atoms in total. The molecule has 1 aromatic rings. The quantitative estimate of drug-likeness (QED) is 0.845. The van der Waals surface area contributed by atoms with Gasteiger partial charge in [0.1, 0.15) is 0 Å². The number of Topliss-reactive ketones (excluding diaryl/α,β-unsaturated/α-hetero) is 1. The van der Waals surface area contributed by atoms with Gasteiger partial charge in [-0.1, -0.05) is 11.6 Å². The predicted octanol–water partition coefficient (Wildman–Crippen LogP) is 2.87. The van der Waals surface area contributed by atoms with Crippen LogP contribution in [-0.2, 0) is 17.8 Å². The second kappa shape index (κ2) is 5.44. The highest BCUT2D eigenvalue weighted by Gasteiger charge is 2.25. The highest BCUT2D eigenvalue weighted by molar-refractivity contribution is 8.00. The van der Waals surface area contributed by atoms with Crippen LogP contribution in [0.1, 0.15) is 31.2 Å². The molecule has 0 bridgehead atoms. The van der Waals surface area contributed by atoms with Crippen LogP contribution in [0.4, 0.5) is 0 Å². The third kappa shape index (κ3) is 2.68. The van der Waals surface area contributed by atoms with E-state index in [4.69, 9.17) is 11.6 Å². The molecule has 0 amide bonds. The van der Waals surface area contributed by atoms with Crippen molar-refractivity contribution in [3.8, 4) is 0 Å². The third-order valence-electron chi connectivity index (χ3n) is 3.08. The van der Waals surface area contributed by atoms with E-state index in [0.717, 1.165) is 36.5 Å². The average molecular weight is 273 g/mol. The molecule has 1 aliphatic rings. The summed E-state index contributed by atoms with van der Waals surface area (Å²) >= 11 is 7.97. The van der Waals surface area contributed by atoms with E-state index in [-0.39, 0.29) is 5.25 Å². The molecule has 94 valence electrons. The summed E-state index contributed by atoms with van der Waals surface area (Å²) in [7, 11) is 0. The molecule has 2 rings (SSSR count). The molecule has 0 aromatic carbocycles. The number of carbonyl (C=O) groups is 1. The van der Waals surface area contributed by atoms with Gasteiger partial charge in [-0.25, -0.2) is 0 Å². The first-order chi connectivity index (χ1) is 8.13. The Bertz CT molecular complexity index is 424. The number of carbonyl (C=O) groups excluding carboxylic acids is 1. The number of ketones is 1. The van der Waals surface area contributed by atoms with Crippen molar-refractivity contribution < 1.29 is 4.79 Å². The predicted molar refractivity (Wildman–Crippen MR) is 71.8 cm³/mol. The first-order valence-corrected chi connectivity index (χ1v) is 7.42. The lowest BCUT2D eigenvalue weighted by molar-refractivity contribution is -0.118. The number of aromatic nitrogens is 2. The van der Waals surface area contributed by atoms with E-state index in [1.54, 1.807) is 11.8 Å². The van der Waals surface area contributed by atoms with Crippen molar-refractivity contribution in [3.63, 3.8) is 0 Å². The van der Waals surface area contributed by atoms with Gasteiger partial charge >= 0.3 is 0 Å². The molecule has 5 heteroatoms. The number of rotatable bonds is 4. The van der Waals surface area contributed by atoms with Crippen molar-refractivity contribution in [2.24, 2.45) is 0 Å². The van der Waals surface area contributed by atoms with E-state index in [1.807, 2.05) is 18.5 Å². The molecular weight excluding hydrogens is 256 g/mol. The normalized spacial score (nSPS) is 19.8. The van der Waals surface area contributed by atoms with Crippen molar-refractivity contribution in [1.29, 1.82) is 0 Å². The highest BCUT2D eigenvalue weighted by Crippen LogP contribution is 2.29. The molecule has 1 saturated heterocycles. The maximum absolute atomic E-state index is 12.1. The largest absolute Gasteiger partial charge is 0.298 e. The van der Waals surface area contributed by atoms with E-state index in [2.05, 4.69) is 5.10 Å². The van der Waals surface area contributed by atoms with E-state index in [9.17, 15) is 4.79 Å². The van der Waals surface area contributed by atoms with Crippen molar-refractivity contribution in [3.05, 3.63) is 16.4 Å². The number of aryl methyl sites for hydroxylation is 2. The Morgan fingerprint density at radius 2 is 2.41 bits per heavy atom. The van der Waals surface area contributed by atoms with Gasteiger partial charge in [0, 0.05) is 6.54 Å². The van der Waals surface area contributed by atoms with Gasteiger partial charge in [-0.05, 0) is 32.4 Å². The third-order valence-corrected chi connectivity index (χ3v) is 5.00. The van der Waals surface area contributed by atoms with Gasteiger partial charge in [-0.15, -0.1) is 0 Å². The van der Waals surface area contributed by atoms with Crippen LogP contribution in [0.3, 0.4) is 0 Å². The van der Waals surface area contributed by atoms with Crippen LogP contribution in [-0.4, -0.2) is 26.6 Å².